The fraction of sp³-hybridized carbons (Fsp3) is 0.267. The van der Waals surface area contributed by atoms with Crippen LogP contribution in [0.3, 0.4) is 0 Å². The van der Waals surface area contributed by atoms with Gasteiger partial charge in [-0.15, -0.1) is 0 Å². The first-order valence-electron chi connectivity index (χ1n) is 6.03. The number of hydrogen-bond acceptors (Lipinski definition) is 2. The lowest BCUT2D eigenvalue weighted by molar-refractivity contribution is 0.475. The summed E-state index contributed by atoms with van der Waals surface area (Å²) in [6.45, 7) is 2.96. The van der Waals surface area contributed by atoms with Gasteiger partial charge >= 0.3 is 0 Å². The Morgan fingerprint density at radius 1 is 1.18 bits per heavy atom. The van der Waals surface area contributed by atoms with Crippen LogP contribution in [0.1, 0.15) is 25.3 Å². The van der Waals surface area contributed by atoms with Crippen molar-refractivity contribution >= 4 is 17.0 Å². The van der Waals surface area contributed by atoms with Gasteiger partial charge in [0, 0.05) is 18.3 Å². The van der Waals surface area contributed by atoms with E-state index in [1.54, 1.807) is 12.3 Å². The van der Waals surface area contributed by atoms with E-state index in [2.05, 4.69) is 11.9 Å². The van der Waals surface area contributed by atoms with Crippen LogP contribution in [-0.2, 0) is 0 Å². The van der Waals surface area contributed by atoms with E-state index in [0.717, 1.165) is 35.7 Å². The van der Waals surface area contributed by atoms with Crippen molar-refractivity contribution in [3.8, 4) is 5.75 Å². The summed E-state index contributed by atoms with van der Waals surface area (Å²) in [6, 6.07) is 11.7. The first-order valence-corrected chi connectivity index (χ1v) is 6.03. The van der Waals surface area contributed by atoms with Crippen LogP contribution in [0, 0.1) is 0 Å². The molecule has 2 nitrogen and oxygen atoms in total. The van der Waals surface area contributed by atoms with Crippen molar-refractivity contribution < 1.29 is 5.11 Å². The number of benzene rings is 2. The van der Waals surface area contributed by atoms with E-state index in [4.69, 9.17) is 0 Å². The Labute approximate surface area is 102 Å². The van der Waals surface area contributed by atoms with Crippen molar-refractivity contribution in [2.75, 3.05) is 6.54 Å². The third-order valence-electron chi connectivity index (χ3n) is 2.81. The molecule has 0 unspecified atom stereocenters. The molecule has 0 saturated carbocycles. The van der Waals surface area contributed by atoms with E-state index in [0.29, 0.717) is 5.75 Å². The van der Waals surface area contributed by atoms with E-state index in [9.17, 15) is 5.11 Å². The molecule has 2 aromatic carbocycles. The number of nitrogens with zero attached hydrogens (tertiary/aromatic N) is 1. The first kappa shape index (κ1) is 11.6. The first-order chi connectivity index (χ1) is 8.33. The lowest BCUT2D eigenvalue weighted by Gasteiger charge is -2.04. The Balaban J connectivity index is 2.37. The highest BCUT2D eigenvalue weighted by atomic mass is 16.3. The number of rotatable bonds is 4. The van der Waals surface area contributed by atoms with Crippen molar-refractivity contribution in [1.82, 2.24) is 0 Å². The van der Waals surface area contributed by atoms with E-state index < -0.39 is 0 Å². The van der Waals surface area contributed by atoms with Gasteiger partial charge in [-0.05, 0) is 23.3 Å². The zero-order valence-corrected chi connectivity index (χ0v) is 10.1. The molecule has 0 amide bonds. The molecule has 0 radical (unpaired) electrons. The zero-order chi connectivity index (χ0) is 12.1. The Morgan fingerprint density at radius 3 is 2.82 bits per heavy atom. The maximum Gasteiger partial charge on any atom is 0.124 e. The summed E-state index contributed by atoms with van der Waals surface area (Å²) in [6.07, 6.45) is 4.01. The van der Waals surface area contributed by atoms with Gasteiger partial charge in [-0.2, -0.15) is 0 Å². The highest BCUT2D eigenvalue weighted by Gasteiger charge is 2.03. The highest BCUT2D eigenvalue weighted by molar-refractivity contribution is 6.02. The third kappa shape index (κ3) is 2.64. The number of hydrogen-bond donors (Lipinski definition) is 1. The van der Waals surface area contributed by atoms with E-state index in [1.165, 1.54) is 0 Å². The number of phenolic OH excluding ortho intramolecular Hbond substituents is 1. The standard InChI is InChI=1S/C15H17NO/c1-2-3-10-16-11-14-13-7-5-4-6-12(13)8-9-15(14)17/h4-9,11,17H,2-3,10H2,1H3. The van der Waals surface area contributed by atoms with Gasteiger partial charge in [0.05, 0.1) is 0 Å². The highest BCUT2D eigenvalue weighted by Crippen LogP contribution is 2.25. The number of aromatic hydroxyl groups is 1. The predicted molar refractivity (Wildman–Crippen MR) is 73.0 cm³/mol. The molecule has 17 heavy (non-hydrogen) atoms. The van der Waals surface area contributed by atoms with Gasteiger partial charge < -0.3 is 5.11 Å². The predicted octanol–water partition coefficient (Wildman–Crippen LogP) is 3.76. The van der Waals surface area contributed by atoms with Crippen molar-refractivity contribution in [3.05, 3.63) is 42.0 Å². The van der Waals surface area contributed by atoms with E-state index in [1.807, 2.05) is 30.3 Å². The number of unbranched alkanes of at least 4 members (excludes halogenated alkanes) is 1. The Kier molecular flexibility index (Phi) is 3.76. The monoisotopic (exact) mass is 227 g/mol. The topological polar surface area (TPSA) is 32.6 Å². The molecule has 88 valence electrons. The smallest absolute Gasteiger partial charge is 0.124 e. The van der Waals surface area contributed by atoms with Crippen LogP contribution in [0.2, 0.25) is 0 Å². The molecule has 0 spiro atoms. The van der Waals surface area contributed by atoms with Crippen LogP contribution in [-0.4, -0.2) is 17.9 Å². The van der Waals surface area contributed by atoms with Crippen LogP contribution < -0.4 is 0 Å². The quantitative estimate of drug-likeness (QED) is 0.626. The van der Waals surface area contributed by atoms with Crippen LogP contribution >= 0.6 is 0 Å². The third-order valence-corrected chi connectivity index (χ3v) is 2.81. The lowest BCUT2D eigenvalue weighted by Crippen LogP contribution is -1.88. The molecule has 2 heteroatoms. The van der Waals surface area contributed by atoms with Crippen molar-refractivity contribution in [1.29, 1.82) is 0 Å². The van der Waals surface area contributed by atoms with Gasteiger partial charge in [0.15, 0.2) is 0 Å². The molecule has 0 heterocycles. The molecular weight excluding hydrogens is 210 g/mol. The minimum Gasteiger partial charge on any atom is -0.507 e. The van der Waals surface area contributed by atoms with E-state index >= 15 is 0 Å². The summed E-state index contributed by atoms with van der Waals surface area (Å²) in [5, 5.41) is 12.0. The average Bonchev–Trinajstić information content (AvgIpc) is 2.37. The molecule has 1 N–H and O–H groups in total. The molecular formula is C15H17NO. The van der Waals surface area contributed by atoms with Gasteiger partial charge in [-0.3, -0.25) is 4.99 Å². The summed E-state index contributed by atoms with van der Waals surface area (Å²) in [5.41, 5.74) is 0.819. The van der Waals surface area contributed by atoms with Crippen LogP contribution in [0.4, 0.5) is 0 Å². The van der Waals surface area contributed by atoms with Gasteiger partial charge in [0.2, 0.25) is 0 Å². The zero-order valence-electron chi connectivity index (χ0n) is 10.1. The van der Waals surface area contributed by atoms with Crippen LogP contribution in [0.5, 0.6) is 5.75 Å². The second-order valence-electron chi connectivity index (χ2n) is 4.11. The molecule has 0 aromatic heterocycles. The number of phenols is 1. The Bertz CT molecular complexity index is 531. The molecule has 0 saturated heterocycles. The van der Waals surface area contributed by atoms with Crippen LogP contribution in [0.15, 0.2) is 41.4 Å². The van der Waals surface area contributed by atoms with Gasteiger partial charge in [-0.25, -0.2) is 0 Å². The summed E-state index contributed by atoms with van der Waals surface area (Å²) in [7, 11) is 0. The minimum absolute atomic E-state index is 0.295. The minimum atomic E-state index is 0.295. The molecule has 0 aliphatic heterocycles. The fourth-order valence-corrected chi connectivity index (χ4v) is 1.83. The van der Waals surface area contributed by atoms with Crippen molar-refractivity contribution in [2.24, 2.45) is 4.99 Å². The lowest BCUT2D eigenvalue weighted by atomic mass is 10.0. The second kappa shape index (κ2) is 5.48. The molecule has 2 rings (SSSR count). The largest absolute Gasteiger partial charge is 0.507 e. The molecule has 0 atom stereocenters. The normalized spacial score (nSPS) is 11.4. The maximum atomic E-state index is 9.87. The van der Waals surface area contributed by atoms with Crippen molar-refractivity contribution in [3.63, 3.8) is 0 Å². The molecule has 0 aliphatic carbocycles. The Hall–Kier alpha value is -1.83. The summed E-state index contributed by atoms with van der Waals surface area (Å²) in [5.74, 6) is 0.295. The molecule has 0 aliphatic rings. The molecule has 0 fully saturated rings. The maximum absolute atomic E-state index is 9.87. The average molecular weight is 227 g/mol. The number of aliphatic imine (C=N–C) groups is 1. The van der Waals surface area contributed by atoms with Gasteiger partial charge in [0.1, 0.15) is 5.75 Å². The SMILES string of the molecule is CCCCN=Cc1c(O)ccc2ccccc12. The second-order valence-corrected chi connectivity index (χ2v) is 4.11. The summed E-state index contributed by atoms with van der Waals surface area (Å²) >= 11 is 0. The van der Waals surface area contributed by atoms with E-state index in [-0.39, 0.29) is 0 Å². The van der Waals surface area contributed by atoms with Crippen LogP contribution in [0.25, 0.3) is 10.8 Å². The fourth-order valence-electron chi connectivity index (χ4n) is 1.83. The van der Waals surface area contributed by atoms with Gasteiger partial charge in [-0.1, -0.05) is 43.7 Å². The molecule has 0 bridgehead atoms. The summed E-state index contributed by atoms with van der Waals surface area (Å²) < 4.78 is 0. The molecule has 2 aromatic rings. The van der Waals surface area contributed by atoms with Crippen molar-refractivity contribution in [2.45, 2.75) is 19.8 Å². The Morgan fingerprint density at radius 2 is 2.00 bits per heavy atom. The van der Waals surface area contributed by atoms with Gasteiger partial charge in [0.25, 0.3) is 0 Å². The number of fused-ring (bicyclic) bond motifs is 1. The summed E-state index contributed by atoms with van der Waals surface area (Å²) in [4.78, 5) is 4.36.